The second-order valence-electron chi connectivity index (χ2n) is 18.1. The molecule has 4 saturated heterocycles. The van der Waals surface area contributed by atoms with Crippen molar-refractivity contribution in [1.29, 1.82) is 5.26 Å². The number of benzene rings is 2. The predicted molar refractivity (Wildman–Crippen MR) is 250 cm³/mol. The normalized spacial score (nSPS) is 18.4. The fourth-order valence-electron chi connectivity index (χ4n) is 9.86. The molecule has 4 aromatic rings. The van der Waals surface area contributed by atoms with Crippen LogP contribution in [0.15, 0.2) is 48.7 Å². The second-order valence-corrected chi connectivity index (χ2v) is 18.5. The zero-order valence-corrected chi connectivity index (χ0v) is 38.4. The van der Waals surface area contributed by atoms with Gasteiger partial charge in [-0.05, 0) is 119 Å². The van der Waals surface area contributed by atoms with Crippen LogP contribution in [0.5, 0.6) is 0 Å². The van der Waals surface area contributed by atoms with Crippen molar-refractivity contribution in [2.75, 3.05) is 74.1 Å². The third kappa shape index (κ3) is 10.5. The summed E-state index contributed by atoms with van der Waals surface area (Å²) in [7, 11) is 0. The topological polar surface area (TPSA) is 177 Å². The van der Waals surface area contributed by atoms with E-state index in [2.05, 4.69) is 62.7 Å². The molecule has 65 heavy (non-hydrogen) atoms. The van der Waals surface area contributed by atoms with E-state index in [-0.39, 0.29) is 42.6 Å². The van der Waals surface area contributed by atoms with Crippen LogP contribution in [0.2, 0.25) is 5.02 Å². The van der Waals surface area contributed by atoms with Crippen LogP contribution in [0.3, 0.4) is 0 Å². The summed E-state index contributed by atoms with van der Waals surface area (Å²) >= 11 is 6.39. The summed E-state index contributed by atoms with van der Waals surface area (Å²) in [5.74, 6) is 2.35. The number of halogens is 1. The van der Waals surface area contributed by atoms with Gasteiger partial charge in [0.25, 0.3) is 5.91 Å². The molecule has 0 bridgehead atoms. The van der Waals surface area contributed by atoms with Crippen molar-refractivity contribution in [3.05, 3.63) is 81.6 Å². The third-order valence-electron chi connectivity index (χ3n) is 14.0. The minimum absolute atomic E-state index is 0.0130. The largest absolute Gasteiger partial charge is 0.381 e. The summed E-state index contributed by atoms with van der Waals surface area (Å²) in [6.45, 7) is 12.0. The number of urea groups is 1. The highest BCUT2D eigenvalue weighted by Crippen LogP contribution is 2.34. The van der Waals surface area contributed by atoms with Crippen molar-refractivity contribution in [2.24, 2.45) is 17.8 Å². The number of anilines is 3. The van der Waals surface area contributed by atoms with Crippen molar-refractivity contribution < 1.29 is 23.9 Å². The van der Waals surface area contributed by atoms with Gasteiger partial charge in [-0.15, -0.1) is 5.10 Å². The van der Waals surface area contributed by atoms with Crippen LogP contribution in [-0.4, -0.2) is 108 Å². The zero-order valence-electron chi connectivity index (χ0n) is 37.7. The Morgan fingerprint density at radius 1 is 0.923 bits per heavy atom. The molecule has 0 radical (unpaired) electrons. The summed E-state index contributed by atoms with van der Waals surface area (Å²) < 4.78 is 6.18. The van der Waals surface area contributed by atoms with Gasteiger partial charge in [0, 0.05) is 93.9 Å². The van der Waals surface area contributed by atoms with Crippen LogP contribution in [0.25, 0.3) is 10.8 Å². The molecule has 0 aliphatic carbocycles. The van der Waals surface area contributed by atoms with E-state index in [9.17, 15) is 24.4 Å². The maximum Gasteiger partial charge on any atom is 0.328 e. The zero-order chi connectivity index (χ0) is 45.6. The van der Waals surface area contributed by atoms with Gasteiger partial charge in [-0.3, -0.25) is 24.6 Å². The van der Waals surface area contributed by atoms with Gasteiger partial charge >= 0.3 is 6.03 Å². The monoisotopic (exact) mass is 902 g/mol. The molecule has 0 saturated carbocycles. The summed E-state index contributed by atoms with van der Waals surface area (Å²) in [5.41, 5.74) is 4.95. The highest BCUT2D eigenvalue weighted by Gasteiger charge is 2.32. The summed E-state index contributed by atoms with van der Waals surface area (Å²) in [6, 6.07) is 14.8. The molecule has 16 heteroatoms. The minimum atomic E-state index is -0.539. The number of aromatic nitrogens is 3. The van der Waals surface area contributed by atoms with Gasteiger partial charge in [0.1, 0.15) is 5.82 Å². The number of amides is 5. The maximum atomic E-state index is 13.7. The Balaban J connectivity index is 0.746. The van der Waals surface area contributed by atoms with Gasteiger partial charge in [-0.2, -0.15) is 10.4 Å². The van der Waals surface area contributed by atoms with Gasteiger partial charge in [0.2, 0.25) is 11.8 Å². The molecule has 4 aliphatic heterocycles. The number of hydrogen-bond acceptors (Lipinski definition) is 11. The number of piperidine rings is 3. The Morgan fingerprint density at radius 3 is 2.40 bits per heavy atom. The van der Waals surface area contributed by atoms with Crippen molar-refractivity contribution in [1.82, 2.24) is 30.3 Å². The lowest BCUT2D eigenvalue weighted by atomic mass is 9.90. The fourth-order valence-corrected chi connectivity index (χ4v) is 10.1. The first-order valence-corrected chi connectivity index (χ1v) is 23.5. The molecule has 15 nitrogen and oxygen atoms in total. The van der Waals surface area contributed by atoms with Crippen molar-refractivity contribution in [3.8, 4) is 6.07 Å². The first-order valence-electron chi connectivity index (χ1n) is 23.1. The Labute approximate surface area is 385 Å². The van der Waals surface area contributed by atoms with E-state index < -0.39 is 6.03 Å². The van der Waals surface area contributed by atoms with Crippen LogP contribution in [0.4, 0.5) is 22.1 Å². The number of carbonyl (C=O) groups is 4. The van der Waals surface area contributed by atoms with Crippen molar-refractivity contribution in [3.63, 3.8) is 0 Å². The molecule has 5 amide bonds. The van der Waals surface area contributed by atoms with E-state index >= 15 is 0 Å². The number of hydrogen-bond donors (Lipinski definition) is 2. The molecule has 6 heterocycles. The summed E-state index contributed by atoms with van der Waals surface area (Å²) in [5, 5.41) is 26.4. The van der Waals surface area contributed by atoms with E-state index in [1.807, 2.05) is 30.2 Å². The number of nitrogens with zero attached hydrogens (tertiary/aromatic N) is 8. The number of aryl methyl sites for hydroxylation is 1. The van der Waals surface area contributed by atoms with Crippen LogP contribution in [0, 0.1) is 42.9 Å². The van der Waals surface area contributed by atoms with Crippen LogP contribution in [-0.2, 0) is 20.7 Å². The number of rotatable bonds is 13. The Kier molecular flexibility index (Phi) is 14.4. The number of likely N-dealkylation sites (tertiary alicyclic amines) is 2. The lowest BCUT2D eigenvalue weighted by Gasteiger charge is -2.37. The number of nitrogens with one attached hydrogen (secondary N) is 2. The molecular weight excluding hydrogens is 844 g/mol. The van der Waals surface area contributed by atoms with Crippen LogP contribution < -0.4 is 20.4 Å². The van der Waals surface area contributed by atoms with Crippen LogP contribution in [0.1, 0.15) is 97.1 Å². The lowest BCUT2D eigenvalue weighted by molar-refractivity contribution is -0.137. The minimum Gasteiger partial charge on any atom is -0.381 e. The molecule has 4 aliphatic rings. The molecular formula is C49H59ClN10O5. The Bertz CT molecular complexity index is 2450. The average molecular weight is 904 g/mol. The number of carbonyl (C=O) groups excluding carboxylic acids is 4. The molecule has 0 spiro atoms. The van der Waals surface area contributed by atoms with Crippen molar-refractivity contribution in [2.45, 2.75) is 84.6 Å². The third-order valence-corrected chi connectivity index (χ3v) is 14.3. The highest BCUT2D eigenvalue weighted by atomic mass is 35.5. The van der Waals surface area contributed by atoms with Gasteiger partial charge in [-0.1, -0.05) is 29.8 Å². The number of ether oxygens (including phenoxy) is 1. The average Bonchev–Trinajstić information content (AvgIpc) is 3.32. The fraction of sp³-hybridized carbons (Fsp3) is 0.510. The van der Waals surface area contributed by atoms with Gasteiger partial charge in [0.05, 0.1) is 34.9 Å². The molecule has 8 rings (SSSR count). The summed E-state index contributed by atoms with van der Waals surface area (Å²) in [6.07, 6.45) is 8.69. The number of fused-ring (bicyclic) bond motifs is 1. The highest BCUT2D eigenvalue weighted by molar-refractivity contribution is 6.34. The summed E-state index contributed by atoms with van der Waals surface area (Å²) in [4.78, 5) is 63.6. The van der Waals surface area contributed by atoms with Crippen LogP contribution >= 0.6 is 11.6 Å². The molecule has 0 unspecified atom stereocenters. The van der Waals surface area contributed by atoms with E-state index in [0.29, 0.717) is 66.7 Å². The van der Waals surface area contributed by atoms with E-state index in [0.717, 1.165) is 110 Å². The second kappa shape index (κ2) is 20.5. The molecule has 2 aromatic carbocycles. The van der Waals surface area contributed by atoms with E-state index in [1.54, 1.807) is 18.2 Å². The van der Waals surface area contributed by atoms with Gasteiger partial charge in [-0.25, -0.2) is 9.78 Å². The van der Waals surface area contributed by atoms with E-state index in [1.165, 1.54) is 4.90 Å². The quantitative estimate of drug-likeness (QED) is 0.128. The SMILES string of the molecule is Cc1c(CC#N)cccc1[C@@H](C)Nc1nnc(C)c2cnc(N3CCC(C(=O)N4CCC(CCOCC5CCN(C(=O)c6ccc(Cl)c(N7CCC(=O)NC7=O)c6)CC5)CC4)CC3)cc12. The van der Waals surface area contributed by atoms with E-state index in [4.69, 9.17) is 21.3 Å². The molecule has 4 fully saturated rings. The van der Waals surface area contributed by atoms with Crippen molar-refractivity contribution >= 4 is 63.4 Å². The molecule has 342 valence electrons. The van der Waals surface area contributed by atoms with Gasteiger partial charge < -0.3 is 24.8 Å². The Hall–Kier alpha value is -5.85. The Morgan fingerprint density at radius 2 is 1.66 bits per heavy atom. The van der Waals surface area contributed by atoms with Gasteiger partial charge in [0.15, 0.2) is 5.82 Å². The maximum absolute atomic E-state index is 13.7. The number of imide groups is 1. The number of pyridine rings is 1. The lowest BCUT2D eigenvalue weighted by Crippen LogP contribution is -2.49. The standard InChI is InChI=1S/C49H59ClN10O5/c1-31-36(9-18-51)5-4-6-39(31)32(2)53-46-40-28-44(52-29-41(40)33(3)55-56-46)57-23-14-37(15-24-57)47(62)58-19-10-34(11-20-58)17-26-65-30-35-12-21-59(22-13-35)48(63)38-7-8-42(50)43(27-38)60-25-16-45(61)54-49(60)64/h4-8,27-29,32,34-35,37H,9-17,19-26,30H2,1-3H3,(H,53,56)(H,54,61,64)/t32-/m1/s1. The molecule has 2 aromatic heterocycles. The first kappa shape index (κ1) is 45.7. The first-order chi connectivity index (χ1) is 31.5. The molecule has 1 atom stereocenters. The number of nitriles is 1. The smallest absolute Gasteiger partial charge is 0.328 e. The predicted octanol–water partition coefficient (Wildman–Crippen LogP) is 7.39. The molecule has 2 N–H and O–H groups in total.